The van der Waals surface area contributed by atoms with Gasteiger partial charge in [0.25, 0.3) is 0 Å². The maximum absolute atomic E-state index is 12.8. The topological polar surface area (TPSA) is 63.6 Å². The van der Waals surface area contributed by atoms with Crippen LogP contribution in [0.5, 0.6) is 0 Å². The van der Waals surface area contributed by atoms with Crippen molar-refractivity contribution in [2.24, 2.45) is 5.92 Å². The number of rotatable bonds is 10. The van der Waals surface area contributed by atoms with Crippen molar-refractivity contribution in [3.8, 4) is 0 Å². The zero-order chi connectivity index (χ0) is 32.6. The molecule has 0 unspecified atom stereocenters. The quantitative estimate of drug-likeness (QED) is 0.129. The lowest BCUT2D eigenvalue weighted by Gasteiger charge is -2.13. The monoisotopic (exact) mass is 582 g/mol. The molecular weight excluding hydrogens is 529 g/mol. The Kier molecular flexibility index (Phi) is 25.5. The van der Waals surface area contributed by atoms with Gasteiger partial charge in [-0.05, 0) is 69.7 Å². The molecule has 0 amide bonds. The van der Waals surface area contributed by atoms with Gasteiger partial charge >= 0.3 is 12.1 Å². The van der Waals surface area contributed by atoms with Gasteiger partial charge in [0, 0.05) is 12.5 Å². The second-order valence-corrected chi connectivity index (χ2v) is 9.74. The molecular formula is C34H53F3O4. The Morgan fingerprint density at radius 2 is 1.44 bits per heavy atom. The van der Waals surface area contributed by atoms with E-state index in [4.69, 9.17) is 5.11 Å². The predicted octanol–water partition coefficient (Wildman–Crippen LogP) is 10.8. The number of carbonyl (C=O) groups excluding carboxylic acids is 2. The van der Waals surface area contributed by atoms with Gasteiger partial charge in [-0.15, -0.1) is 0 Å². The van der Waals surface area contributed by atoms with Gasteiger partial charge in [-0.1, -0.05) is 96.4 Å². The summed E-state index contributed by atoms with van der Waals surface area (Å²) in [7, 11) is 0. The van der Waals surface area contributed by atoms with E-state index < -0.39 is 11.7 Å². The van der Waals surface area contributed by atoms with Crippen LogP contribution in [0.3, 0.4) is 0 Å². The molecule has 0 heterocycles. The normalized spacial score (nSPS) is 12.0. The summed E-state index contributed by atoms with van der Waals surface area (Å²) < 4.78 is 43.0. The molecule has 0 spiro atoms. The number of esters is 1. The Balaban J connectivity index is -0.000000526. The van der Waals surface area contributed by atoms with Crippen molar-refractivity contribution in [2.45, 2.75) is 108 Å². The first kappa shape index (κ1) is 42.4. The van der Waals surface area contributed by atoms with E-state index in [1.165, 1.54) is 53.4 Å². The van der Waals surface area contributed by atoms with Crippen LogP contribution in [0.15, 0.2) is 71.5 Å². The highest BCUT2D eigenvalue weighted by Gasteiger charge is 2.34. The van der Waals surface area contributed by atoms with Crippen LogP contribution in [-0.4, -0.2) is 29.6 Å². The lowest BCUT2D eigenvalue weighted by molar-refractivity contribution is -0.140. The van der Waals surface area contributed by atoms with Crippen molar-refractivity contribution in [3.63, 3.8) is 0 Å². The predicted molar refractivity (Wildman–Crippen MR) is 167 cm³/mol. The molecule has 7 heteroatoms. The molecule has 0 fully saturated rings. The smallest absolute Gasteiger partial charge is 0.416 e. The standard InChI is InChI=1S/C15H15F3.C8H18.C6H10O2.C5H10O2/c1-4-12(13-8-6-5-7-9-13)10-14(11(2)3)15(16,17)18;1-4-6-8(3)7-5-2;1-4(5(2)7)6(3)8;1-3-4-7-5(2)6/h4-10H,2H2,1,3H3;8H,4-7H2,1-3H3;7H,1-3H3;3-4H2,1-2H3/b12-4+,14-10+;;5-4-;. The summed E-state index contributed by atoms with van der Waals surface area (Å²) in [5.74, 6) is 0.800. The van der Waals surface area contributed by atoms with Crippen molar-refractivity contribution >= 4 is 17.3 Å². The molecule has 1 N–H and O–H groups in total. The zero-order valence-electron chi connectivity index (χ0n) is 26.9. The van der Waals surface area contributed by atoms with Crippen molar-refractivity contribution in [1.29, 1.82) is 0 Å². The number of carbonyl (C=O) groups is 2. The Hall–Kier alpha value is -3.09. The van der Waals surface area contributed by atoms with E-state index in [-0.39, 0.29) is 23.1 Å². The molecule has 234 valence electrons. The number of halogens is 3. The molecule has 0 radical (unpaired) electrons. The number of ether oxygens (including phenoxy) is 1. The minimum absolute atomic E-state index is 0.0118. The summed E-state index contributed by atoms with van der Waals surface area (Å²) in [5.41, 5.74) is 1.04. The molecule has 0 aromatic heterocycles. The van der Waals surface area contributed by atoms with E-state index in [2.05, 4.69) is 32.1 Å². The maximum atomic E-state index is 12.8. The SMILES string of the molecule is C=C(C)/C(=C\C(=C/C)c1ccccc1)C(F)(F)F.CC(=O)/C(C)=C(/C)O.CCCC(C)CCC.CCCOC(C)=O. The van der Waals surface area contributed by atoms with Crippen LogP contribution in [0.4, 0.5) is 13.2 Å². The minimum atomic E-state index is -4.38. The molecule has 0 saturated heterocycles. The van der Waals surface area contributed by atoms with Crippen molar-refractivity contribution in [2.75, 3.05) is 6.61 Å². The summed E-state index contributed by atoms with van der Waals surface area (Å²) >= 11 is 0. The Bertz CT molecular complexity index is 961. The van der Waals surface area contributed by atoms with Crippen LogP contribution in [-0.2, 0) is 14.3 Å². The summed E-state index contributed by atoms with van der Waals surface area (Å²) in [4.78, 5) is 20.3. The molecule has 0 saturated carbocycles. The maximum Gasteiger partial charge on any atom is 0.416 e. The highest BCUT2D eigenvalue weighted by atomic mass is 19.4. The van der Waals surface area contributed by atoms with Gasteiger partial charge in [0.15, 0.2) is 5.78 Å². The molecule has 1 aromatic rings. The molecule has 41 heavy (non-hydrogen) atoms. The lowest BCUT2D eigenvalue weighted by atomic mass is 10.00. The zero-order valence-corrected chi connectivity index (χ0v) is 26.9. The third-order valence-corrected chi connectivity index (χ3v) is 5.63. The van der Waals surface area contributed by atoms with E-state index >= 15 is 0 Å². The fraction of sp³-hybridized carbons (Fsp3) is 0.529. The summed E-state index contributed by atoms with van der Waals surface area (Å²) in [6.07, 6.45) is 4.83. The summed E-state index contributed by atoms with van der Waals surface area (Å²) in [6, 6.07) is 8.96. The number of hydrogen-bond acceptors (Lipinski definition) is 4. The number of benzene rings is 1. The number of ketones is 1. The van der Waals surface area contributed by atoms with Crippen LogP contribution in [0.1, 0.15) is 107 Å². The first-order valence-corrected chi connectivity index (χ1v) is 14.2. The van der Waals surface area contributed by atoms with E-state index in [0.29, 0.717) is 17.8 Å². The highest BCUT2D eigenvalue weighted by molar-refractivity contribution is 5.92. The Morgan fingerprint density at radius 3 is 1.68 bits per heavy atom. The van der Waals surface area contributed by atoms with Crippen molar-refractivity contribution in [3.05, 3.63) is 77.1 Å². The molecule has 1 rings (SSSR count). The molecule has 0 aliphatic carbocycles. The largest absolute Gasteiger partial charge is 0.512 e. The van der Waals surface area contributed by atoms with Gasteiger partial charge in [0.2, 0.25) is 0 Å². The van der Waals surface area contributed by atoms with Gasteiger partial charge in [0.05, 0.1) is 17.9 Å². The van der Waals surface area contributed by atoms with Crippen LogP contribution >= 0.6 is 0 Å². The molecule has 0 atom stereocenters. The number of aliphatic hydroxyl groups excluding tert-OH is 1. The third kappa shape index (κ3) is 24.4. The fourth-order valence-corrected chi connectivity index (χ4v) is 3.20. The van der Waals surface area contributed by atoms with Crippen molar-refractivity contribution < 1.29 is 32.6 Å². The highest BCUT2D eigenvalue weighted by Crippen LogP contribution is 2.33. The van der Waals surface area contributed by atoms with Gasteiger partial charge in [-0.25, -0.2) is 0 Å². The summed E-state index contributed by atoms with van der Waals surface area (Å²) in [6.45, 7) is 21.8. The minimum Gasteiger partial charge on any atom is -0.512 e. The average molecular weight is 583 g/mol. The van der Waals surface area contributed by atoms with E-state index in [1.54, 1.807) is 44.2 Å². The van der Waals surface area contributed by atoms with E-state index in [9.17, 15) is 22.8 Å². The Labute approximate surface area is 247 Å². The van der Waals surface area contributed by atoms with Gasteiger partial charge in [-0.2, -0.15) is 13.2 Å². The number of alkyl halides is 3. The number of allylic oxidation sites excluding steroid dienone is 7. The summed E-state index contributed by atoms with van der Waals surface area (Å²) in [5, 5.41) is 8.65. The van der Waals surface area contributed by atoms with Gasteiger partial charge in [-0.3, -0.25) is 9.59 Å². The van der Waals surface area contributed by atoms with Gasteiger partial charge < -0.3 is 9.84 Å². The fourth-order valence-electron chi connectivity index (χ4n) is 3.20. The Morgan fingerprint density at radius 1 is 0.951 bits per heavy atom. The van der Waals surface area contributed by atoms with Gasteiger partial charge in [0.1, 0.15) is 0 Å². The molecule has 1 aromatic carbocycles. The van der Waals surface area contributed by atoms with Crippen LogP contribution in [0.25, 0.3) is 5.57 Å². The number of aliphatic hydroxyl groups is 1. The molecule has 0 aliphatic heterocycles. The van der Waals surface area contributed by atoms with E-state index in [0.717, 1.165) is 24.0 Å². The van der Waals surface area contributed by atoms with Crippen LogP contribution < -0.4 is 0 Å². The number of hydrogen-bond donors (Lipinski definition) is 1. The second-order valence-electron chi connectivity index (χ2n) is 9.74. The molecule has 0 bridgehead atoms. The second kappa shape index (κ2) is 24.7. The van der Waals surface area contributed by atoms with Crippen molar-refractivity contribution in [1.82, 2.24) is 0 Å². The first-order valence-electron chi connectivity index (χ1n) is 14.2. The van der Waals surface area contributed by atoms with E-state index in [1.807, 2.05) is 13.0 Å². The lowest BCUT2D eigenvalue weighted by Crippen LogP contribution is -2.12. The molecule has 0 aliphatic rings. The average Bonchev–Trinajstić information content (AvgIpc) is 2.88. The van der Waals surface area contributed by atoms with Crippen LogP contribution in [0.2, 0.25) is 0 Å². The first-order chi connectivity index (χ1) is 19.0. The third-order valence-electron chi connectivity index (χ3n) is 5.63. The molecule has 4 nitrogen and oxygen atoms in total. The van der Waals surface area contributed by atoms with Crippen LogP contribution in [0, 0.1) is 5.92 Å². The number of Topliss-reactive ketones (excluding diaryl/α,β-unsaturated/α-hetero) is 1.